The lowest BCUT2D eigenvalue weighted by Crippen LogP contribution is -1.99. The molecule has 1 aromatic carbocycles. The lowest BCUT2D eigenvalue weighted by atomic mass is 10.3. The second-order valence-electron chi connectivity index (χ2n) is 3.82. The molecule has 0 aliphatic heterocycles. The average molecular weight is 229 g/mol. The molecule has 2 N–H and O–H groups in total. The fourth-order valence-electron chi connectivity index (χ4n) is 1.84. The highest BCUT2D eigenvalue weighted by Gasteiger charge is 2.18. The first-order valence-corrected chi connectivity index (χ1v) is 5.96. The summed E-state index contributed by atoms with van der Waals surface area (Å²) in [7, 11) is 0. The molecule has 82 valence electrons. The summed E-state index contributed by atoms with van der Waals surface area (Å²) in [6, 6.07) is 2.15. The first-order chi connectivity index (χ1) is 7.16. The van der Waals surface area contributed by atoms with Crippen LogP contribution in [0, 0.1) is 11.6 Å². The van der Waals surface area contributed by atoms with Crippen LogP contribution in [0.3, 0.4) is 0 Å². The molecule has 0 amide bonds. The summed E-state index contributed by atoms with van der Waals surface area (Å²) in [6.07, 6.45) is 4.63. The molecule has 1 aliphatic carbocycles. The van der Waals surface area contributed by atoms with Gasteiger partial charge in [0.05, 0.1) is 5.69 Å². The number of hydrogen-bond acceptors (Lipinski definition) is 2. The second-order valence-corrected chi connectivity index (χ2v) is 5.17. The molecule has 0 atom stereocenters. The normalized spacial score (nSPS) is 17.2. The van der Waals surface area contributed by atoms with Crippen LogP contribution in [0.4, 0.5) is 14.5 Å². The Hall–Kier alpha value is -0.770. The maximum Gasteiger partial charge on any atom is 0.150 e. The molecule has 1 nitrogen and oxygen atoms in total. The van der Waals surface area contributed by atoms with E-state index in [0.29, 0.717) is 10.1 Å². The Kier molecular flexibility index (Phi) is 3.14. The van der Waals surface area contributed by atoms with Gasteiger partial charge in [0, 0.05) is 16.2 Å². The molecule has 0 radical (unpaired) electrons. The lowest BCUT2D eigenvalue weighted by molar-refractivity contribution is 0.581. The minimum Gasteiger partial charge on any atom is -0.395 e. The van der Waals surface area contributed by atoms with Crippen molar-refractivity contribution in [2.24, 2.45) is 0 Å². The van der Waals surface area contributed by atoms with Crippen LogP contribution in [-0.2, 0) is 0 Å². The third-order valence-corrected chi connectivity index (χ3v) is 4.05. The summed E-state index contributed by atoms with van der Waals surface area (Å²) in [5.41, 5.74) is 5.64. The van der Waals surface area contributed by atoms with Gasteiger partial charge in [0.15, 0.2) is 0 Å². The highest BCUT2D eigenvalue weighted by atomic mass is 32.2. The average Bonchev–Trinajstić information content (AvgIpc) is 2.66. The highest BCUT2D eigenvalue weighted by Crippen LogP contribution is 2.38. The summed E-state index contributed by atoms with van der Waals surface area (Å²) in [6.45, 7) is 0. The quantitative estimate of drug-likeness (QED) is 0.784. The second kappa shape index (κ2) is 4.39. The van der Waals surface area contributed by atoms with E-state index in [-0.39, 0.29) is 5.69 Å². The lowest BCUT2D eigenvalue weighted by Gasteiger charge is -2.11. The van der Waals surface area contributed by atoms with E-state index in [0.717, 1.165) is 18.9 Å². The van der Waals surface area contributed by atoms with E-state index < -0.39 is 11.6 Å². The summed E-state index contributed by atoms with van der Waals surface area (Å²) in [4.78, 5) is 0.541. The number of benzene rings is 1. The van der Waals surface area contributed by atoms with E-state index in [9.17, 15) is 8.78 Å². The maximum absolute atomic E-state index is 13.1. The number of rotatable bonds is 2. The Morgan fingerprint density at radius 1 is 1.20 bits per heavy atom. The van der Waals surface area contributed by atoms with Crippen LogP contribution in [0.1, 0.15) is 25.7 Å². The van der Waals surface area contributed by atoms with Gasteiger partial charge in [0.2, 0.25) is 0 Å². The van der Waals surface area contributed by atoms with Crippen molar-refractivity contribution in [3.8, 4) is 0 Å². The number of hydrogen-bond donors (Lipinski definition) is 1. The van der Waals surface area contributed by atoms with Gasteiger partial charge in [-0.3, -0.25) is 0 Å². The monoisotopic (exact) mass is 229 g/mol. The van der Waals surface area contributed by atoms with Crippen molar-refractivity contribution in [2.45, 2.75) is 35.8 Å². The van der Waals surface area contributed by atoms with Gasteiger partial charge in [-0.2, -0.15) is 0 Å². The molecule has 0 saturated heterocycles. The summed E-state index contributed by atoms with van der Waals surface area (Å²) < 4.78 is 26.1. The van der Waals surface area contributed by atoms with Crippen LogP contribution >= 0.6 is 11.8 Å². The number of nitrogens with two attached hydrogens (primary N) is 1. The van der Waals surface area contributed by atoms with Gasteiger partial charge in [-0.05, 0) is 18.9 Å². The molecule has 15 heavy (non-hydrogen) atoms. The summed E-state index contributed by atoms with van der Waals surface area (Å²) in [5.74, 6) is -1.21. The van der Waals surface area contributed by atoms with Crippen LogP contribution in [-0.4, -0.2) is 5.25 Å². The van der Waals surface area contributed by atoms with E-state index in [1.165, 1.54) is 30.7 Å². The van der Waals surface area contributed by atoms with Crippen LogP contribution in [0.5, 0.6) is 0 Å². The number of nitrogen functional groups attached to an aromatic ring is 1. The van der Waals surface area contributed by atoms with Crippen LogP contribution in [0.2, 0.25) is 0 Å². The van der Waals surface area contributed by atoms with Crippen molar-refractivity contribution in [3.63, 3.8) is 0 Å². The summed E-state index contributed by atoms with van der Waals surface area (Å²) >= 11 is 1.50. The number of halogens is 2. The molecule has 1 aromatic rings. The Bertz CT molecular complexity index is 362. The van der Waals surface area contributed by atoms with Crippen LogP contribution in [0.15, 0.2) is 17.0 Å². The zero-order valence-electron chi connectivity index (χ0n) is 8.30. The largest absolute Gasteiger partial charge is 0.395 e. The third-order valence-electron chi connectivity index (χ3n) is 2.65. The topological polar surface area (TPSA) is 26.0 Å². The van der Waals surface area contributed by atoms with Crippen molar-refractivity contribution in [2.75, 3.05) is 5.73 Å². The van der Waals surface area contributed by atoms with Gasteiger partial charge in [0.1, 0.15) is 11.6 Å². The molecule has 1 saturated carbocycles. The molecule has 1 fully saturated rings. The van der Waals surface area contributed by atoms with Crippen molar-refractivity contribution in [3.05, 3.63) is 23.8 Å². The molecule has 1 aliphatic rings. The van der Waals surface area contributed by atoms with Crippen molar-refractivity contribution >= 4 is 17.4 Å². The Balaban J connectivity index is 2.19. The SMILES string of the molecule is Nc1c(F)cc(F)cc1SC1CCCC1. The fraction of sp³-hybridized carbons (Fsp3) is 0.455. The highest BCUT2D eigenvalue weighted by molar-refractivity contribution is 8.00. The van der Waals surface area contributed by atoms with Gasteiger partial charge in [-0.25, -0.2) is 8.78 Å². The summed E-state index contributed by atoms with van der Waals surface area (Å²) in [5, 5.41) is 0.466. The van der Waals surface area contributed by atoms with Crippen LogP contribution in [0.25, 0.3) is 0 Å². The minimum atomic E-state index is -0.657. The number of thioether (sulfide) groups is 1. The predicted octanol–water partition coefficient (Wildman–Crippen LogP) is 3.58. The molecule has 0 spiro atoms. The molecule has 0 unspecified atom stereocenters. The molecule has 0 bridgehead atoms. The Labute approximate surface area is 92.0 Å². The first-order valence-electron chi connectivity index (χ1n) is 5.08. The molecular formula is C11H13F2NS. The molecule has 0 aromatic heterocycles. The van der Waals surface area contributed by atoms with E-state index in [1.54, 1.807) is 0 Å². The zero-order chi connectivity index (χ0) is 10.8. The van der Waals surface area contributed by atoms with E-state index in [2.05, 4.69) is 0 Å². The van der Waals surface area contributed by atoms with Crippen molar-refractivity contribution in [1.82, 2.24) is 0 Å². The molecule has 0 heterocycles. The predicted molar refractivity (Wildman–Crippen MR) is 58.9 cm³/mol. The Morgan fingerprint density at radius 2 is 1.87 bits per heavy atom. The Morgan fingerprint density at radius 3 is 2.53 bits per heavy atom. The van der Waals surface area contributed by atoms with E-state index >= 15 is 0 Å². The van der Waals surface area contributed by atoms with Crippen molar-refractivity contribution in [1.29, 1.82) is 0 Å². The van der Waals surface area contributed by atoms with Gasteiger partial charge >= 0.3 is 0 Å². The van der Waals surface area contributed by atoms with Crippen LogP contribution < -0.4 is 5.73 Å². The smallest absolute Gasteiger partial charge is 0.150 e. The van der Waals surface area contributed by atoms with Gasteiger partial charge in [-0.1, -0.05) is 12.8 Å². The van der Waals surface area contributed by atoms with Gasteiger partial charge in [-0.15, -0.1) is 11.8 Å². The van der Waals surface area contributed by atoms with Gasteiger partial charge in [0.25, 0.3) is 0 Å². The maximum atomic E-state index is 13.1. The van der Waals surface area contributed by atoms with E-state index in [1.807, 2.05) is 0 Å². The zero-order valence-corrected chi connectivity index (χ0v) is 9.12. The van der Waals surface area contributed by atoms with Crippen molar-refractivity contribution < 1.29 is 8.78 Å². The first kappa shape index (κ1) is 10.7. The molecular weight excluding hydrogens is 216 g/mol. The number of anilines is 1. The molecule has 2 rings (SSSR count). The van der Waals surface area contributed by atoms with Gasteiger partial charge < -0.3 is 5.73 Å². The standard InChI is InChI=1S/C11H13F2NS/c12-7-5-9(13)11(14)10(6-7)15-8-3-1-2-4-8/h5-6,8H,1-4,14H2. The minimum absolute atomic E-state index is 0.0771. The fourth-order valence-corrected chi connectivity index (χ4v) is 3.18. The van der Waals surface area contributed by atoms with E-state index in [4.69, 9.17) is 5.73 Å². The third kappa shape index (κ3) is 2.43. The molecule has 4 heteroatoms.